The van der Waals surface area contributed by atoms with Crippen LogP contribution in [-0.2, 0) is 4.79 Å². The number of hydrogen-bond donors (Lipinski definition) is 1. The van der Waals surface area contributed by atoms with Gasteiger partial charge < -0.3 is 19.9 Å². The lowest BCUT2D eigenvalue weighted by Gasteiger charge is -2.14. The molecule has 0 aromatic heterocycles. The average molecular weight is 341 g/mol. The molecule has 25 heavy (non-hydrogen) atoms. The topological polar surface area (TPSA) is 61.9 Å². The summed E-state index contributed by atoms with van der Waals surface area (Å²) in [5.41, 5.74) is 2.21. The number of nitrogens with one attached hydrogen (secondary N) is 1. The summed E-state index contributed by atoms with van der Waals surface area (Å²) in [5.74, 6) is 0.279. The molecule has 0 saturated heterocycles. The fourth-order valence-corrected chi connectivity index (χ4v) is 2.04. The fraction of sp³-hybridized carbons (Fsp3) is 0.263. The summed E-state index contributed by atoms with van der Waals surface area (Å²) in [4.78, 5) is 27.3. The Balaban J connectivity index is 1.97. The summed E-state index contributed by atoms with van der Waals surface area (Å²) < 4.78 is 5.41. The van der Waals surface area contributed by atoms with Gasteiger partial charge in [-0.05, 0) is 42.5 Å². The summed E-state index contributed by atoms with van der Waals surface area (Å²) in [7, 11) is 7.21. The number of ether oxygens (including phenoxy) is 1. The van der Waals surface area contributed by atoms with Gasteiger partial charge in [0.1, 0.15) is 5.75 Å². The average Bonchev–Trinajstić information content (AvgIpc) is 2.60. The maximum atomic E-state index is 12.4. The summed E-state index contributed by atoms with van der Waals surface area (Å²) in [5, 5.41) is 2.85. The molecule has 0 heterocycles. The molecule has 0 spiro atoms. The van der Waals surface area contributed by atoms with Gasteiger partial charge in [0.05, 0.1) is 0 Å². The van der Waals surface area contributed by atoms with E-state index >= 15 is 0 Å². The van der Waals surface area contributed by atoms with Crippen molar-refractivity contribution in [3.8, 4) is 5.75 Å². The van der Waals surface area contributed by atoms with Crippen LogP contribution in [0.4, 0.5) is 11.4 Å². The van der Waals surface area contributed by atoms with Crippen molar-refractivity contribution in [2.45, 2.75) is 0 Å². The van der Waals surface area contributed by atoms with Crippen LogP contribution in [0.3, 0.4) is 0 Å². The standard InChI is InChI=1S/C19H23N3O3/c1-21(2)16-7-5-6-14(12-16)19(24)20-15-8-10-17(11-9-15)25-13-18(23)22(3)4/h5-12H,13H2,1-4H3,(H,20,24). The second-order valence-electron chi connectivity index (χ2n) is 6.00. The lowest BCUT2D eigenvalue weighted by Crippen LogP contribution is -2.27. The number of carbonyl (C=O) groups excluding carboxylic acids is 2. The molecule has 6 heteroatoms. The van der Waals surface area contributed by atoms with Gasteiger partial charge in [-0.2, -0.15) is 0 Å². The smallest absolute Gasteiger partial charge is 0.259 e. The Bertz CT molecular complexity index is 740. The maximum absolute atomic E-state index is 12.4. The van der Waals surface area contributed by atoms with Gasteiger partial charge in [0, 0.05) is 45.1 Å². The van der Waals surface area contributed by atoms with Crippen molar-refractivity contribution in [1.82, 2.24) is 4.90 Å². The highest BCUT2D eigenvalue weighted by Gasteiger charge is 2.08. The van der Waals surface area contributed by atoms with Gasteiger partial charge in [-0.3, -0.25) is 9.59 Å². The van der Waals surface area contributed by atoms with Crippen LogP contribution in [0.1, 0.15) is 10.4 Å². The van der Waals surface area contributed by atoms with E-state index in [4.69, 9.17) is 4.74 Å². The third-order valence-electron chi connectivity index (χ3n) is 3.60. The van der Waals surface area contributed by atoms with E-state index in [1.54, 1.807) is 44.4 Å². The molecule has 0 aliphatic carbocycles. The first-order valence-electron chi connectivity index (χ1n) is 7.88. The van der Waals surface area contributed by atoms with E-state index in [9.17, 15) is 9.59 Å². The zero-order chi connectivity index (χ0) is 18.4. The first-order valence-corrected chi connectivity index (χ1v) is 7.88. The van der Waals surface area contributed by atoms with Crippen molar-refractivity contribution in [2.75, 3.05) is 45.0 Å². The number of nitrogens with zero attached hydrogens (tertiary/aromatic N) is 2. The first kappa shape index (κ1) is 18.3. The van der Waals surface area contributed by atoms with Crippen molar-refractivity contribution in [1.29, 1.82) is 0 Å². The predicted octanol–water partition coefficient (Wildman–Crippen LogP) is 2.47. The van der Waals surface area contributed by atoms with Gasteiger partial charge >= 0.3 is 0 Å². The maximum Gasteiger partial charge on any atom is 0.259 e. The number of hydrogen-bond acceptors (Lipinski definition) is 4. The lowest BCUT2D eigenvalue weighted by atomic mass is 10.1. The zero-order valence-electron chi connectivity index (χ0n) is 14.9. The van der Waals surface area contributed by atoms with Crippen LogP contribution < -0.4 is 15.0 Å². The molecule has 2 aromatic carbocycles. The molecule has 0 saturated carbocycles. The minimum atomic E-state index is -0.180. The predicted molar refractivity (Wildman–Crippen MR) is 99.4 cm³/mol. The molecule has 0 aliphatic rings. The number of carbonyl (C=O) groups is 2. The number of amides is 2. The van der Waals surface area contributed by atoms with Crippen LogP contribution in [-0.4, -0.2) is 51.5 Å². The molecule has 2 amide bonds. The molecule has 0 atom stereocenters. The summed E-state index contributed by atoms with van der Waals surface area (Å²) in [6, 6.07) is 14.3. The number of rotatable bonds is 6. The normalized spacial score (nSPS) is 10.1. The number of benzene rings is 2. The minimum Gasteiger partial charge on any atom is -0.484 e. The Kier molecular flexibility index (Phi) is 6.00. The third kappa shape index (κ3) is 5.24. The zero-order valence-corrected chi connectivity index (χ0v) is 14.9. The van der Waals surface area contributed by atoms with Crippen molar-refractivity contribution < 1.29 is 14.3 Å². The largest absolute Gasteiger partial charge is 0.484 e. The monoisotopic (exact) mass is 341 g/mol. The highest BCUT2D eigenvalue weighted by molar-refractivity contribution is 6.04. The summed E-state index contributed by atoms with van der Waals surface area (Å²) in [6.45, 7) is -0.0178. The van der Waals surface area contributed by atoms with Crippen LogP contribution in [0.2, 0.25) is 0 Å². The highest BCUT2D eigenvalue weighted by atomic mass is 16.5. The number of likely N-dealkylation sites (N-methyl/N-ethyl adjacent to an activating group) is 1. The Labute approximate surface area is 148 Å². The Morgan fingerprint density at radius 3 is 2.28 bits per heavy atom. The molecule has 0 fully saturated rings. The first-order chi connectivity index (χ1) is 11.9. The van der Waals surface area contributed by atoms with Gasteiger partial charge in [-0.25, -0.2) is 0 Å². The second kappa shape index (κ2) is 8.19. The van der Waals surface area contributed by atoms with E-state index in [1.807, 2.05) is 37.2 Å². The SMILES string of the molecule is CN(C)C(=O)COc1ccc(NC(=O)c2cccc(N(C)C)c2)cc1. The summed E-state index contributed by atoms with van der Waals surface area (Å²) in [6.07, 6.45) is 0. The van der Waals surface area contributed by atoms with Crippen LogP contribution in [0.25, 0.3) is 0 Å². The molecule has 0 bridgehead atoms. The molecule has 2 aromatic rings. The van der Waals surface area contributed by atoms with Crippen LogP contribution >= 0.6 is 0 Å². The second-order valence-corrected chi connectivity index (χ2v) is 6.00. The van der Waals surface area contributed by atoms with Gasteiger partial charge in [0.15, 0.2) is 6.61 Å². The Morgan fingerprint density at radius 1 is 1.00 bits per heavy atom. The van der Waals surface area contributed by atoms with Gasteiger partial charge in [-0.15, -0.1) is 0 Å². The fourth-order valence-electron chi connectivity index (χ4n) is 2.04. The van der Waals surface area contributed by atoms with Gasteiger partial charge in [0.2, 0.25) is 0 Å². The van der Waals surface area contributed by atoms with E-state index in [-0.39, 0.29) is 18.4 Å². The van der Waals surface area contributed by atoms with Crippen molar-refractivity contribution in [3.05, 3.63) is 54.1 Å². The number of anilines is 2. The summed E-state index contributed by atoms with van der Waals surface area (Å²) >= 11 is 0. The molecule has 0 unspecified atom stereocenters. The molecular weight excluding hydrogens is 318 g/mol. The van der Waals surface area contributed by atoms with Gasteiger partial charge in [-0.1, -0.05) is 6.07 Å². The molecule has 0 radical (unpaired) electrons. The Morgan fingerprint density at radius 2 is 1.68 bits per heavy atom. The molecule has 0 aliphatic heterocycles. The van der Waals surface area contributed by atoms with E-state index in [0.717, 1.165) is 5.69 Å². The highest BCUT2D eigenvalue weighted by Crippen LogP contribution is 2.18. The van der Waals surface area contributed by atoms with Crippen LogP contribution in [0, 0.1) is 0 Å². The van der Waals surface area contributed by atoms with E-state index < -0.39 is 0 Å². The van der Waals surface area contributed by atoms with Gasteiger partial charge in [0.25, 0.3) is 11.8 Å². The quantitative estimate of drug-likeness (QED) is 0.877. The van der Waals surface area contributed by atoms with E-state index in [2.05, 4.69) is 5.32 Å². The van der Waals surface area contributed by atoms with E-state index in [1.165, 1.54) is 4.90 Å². The molecule has 1 N–H and O–H groups in total. The van der Waals surface area contributed by atoms with Crippen LogP contribution in [0.15, 0.2) is 48.5 Å². The lowest BCUT2D eigenvalue weighted by molar-refractivity contribution is -0.130. The van der Waals surface area contributed by atoms with Crippen molar-refractivity contribution in [3.63, 3.8) is 0 Å². The van der Waals surface area contributed by atoms with E-state index in [0.29, 0.717) is 17.0 Å². The molecule has 132 valence electrons. The molecular formula is C19H23N3O3. The molecule has 6 nitrogen and oxygen atoms in total. The Hall–Kier alpha value is -3.02. The minimum absolute atomic E-state index is 0.0178. The van der Waals surface area contributed by atoms with Crippen LogP contribution in [0.5, 0.6) is 5.75 Å². The third-order valence-corrected chi connectivity index (χ3v) is 3.60. The molecule has 2 rings (SSSR count). The van der Waals surface area contributed by atoms with Crippen molar-refractivity contribution >= 4 is 23.2 Å². The van der Waals surface area contributed by atoms with Crippen molar-refractivity contribution in [2.24, 2.45) is 0 Å².